The van der Waals surface area contributed by atoms with Gasteiger partial charge in [0.25, 0.3) is 0 Å². The van der Waals surface area contributed by atoms with E-state index in [1.165, 1.54) is 31.8 Å². The van der Waals surface area contributed by atoms with E-state index in [1.807, 2.05) is 6.07 Å². The molecule has 0 nitrogen and oxygen atoms in total. The molecule has 6 aromatic carbocycles. The molecule has 208 valence electrons. The number of hydrogen-bond donors (Lipinski definition) is 0. The first kappa shape index (κ1) is 35.0. The summed E-state index contributed by atoms with van der Waals surface area (Å²) in [5, 5.41) is 8.29. The van der Waals surface area contributed by atoms with Crippen molar-refractivity contribution >= 4 is 47.7 Å². The number of halogens is 2. The summed E-state index contributed by atoms with van der Waals surface area (Å²) in [6.07, 6.45) is 0. The zero-order valence-electron chi connectivity index (χ0n) is 22.2. The van der Waals surface area contributed by atoms with Crippen molar-refractivity contribution in [2.45, 2.75) is 0 Å². The average molecular weight is 790 g/mol. The summed E-state index contributed by atoms with van der Waals surface area (Å²) in [5.41, 5.74) is 0. The predicted octanol–water partition coefficient (Wildman–Crippen LogP) is 0.695. The van der Waals surface area contributed by atoms with Gasteiger partial charge in [0.15, 0.2) is 0 Å². The van der Waals surface area contributed by atoms with Crippen molar-refractivity contribution in [3.8, 4) is 0 Å². The minimum absolute atomic E-state index is 0. The molecule has 0 aliphatic carbocycles. The maximum absolute atomic E-state index is 3.20. The Morgan fingerprint density at radius 1 is 0.317 bits per heavy atom. The van der Waals surface area contributed by atoms with Crippen LogP contribution in [0.5, 0.6) is 0 Å². The fraction of sp³-hybridized carbons (Fsp3) is 0. The molecular formula is C36H29Br2P2Pd-. The molecule has 0 bridgehead atoms. The summed E-state index contributed by atoms with van der Waals surface area (Å²) >= 11 is 0. The van der Waals surface area contributed by atoms with Crippen LogP contribution in [-0.2, 0) is 20.4 Å². The Morgan fingerprint density at radius 2 is 0.561 bits per heavy atom. The Labute approximate surface area is 282 Å². The van der Waals surface area contributed by atoms with E-state index in [0.717, 1.165) is 0 Å². The maximum atomic E-state index is 3.20. The van der Waals surface area contributed by atoms with Crippen LogP contribution in [0.1, 0.15) is 0 Å². The van der Waals surface area contributed by atoms with Crippen molar-refractivity contribution < 1.29 is 54.4 Å². The van der Waals surface area contributed by atoms with Gasteiger partial charge in [-0.1, -0.05) is 160 Å². The standard InChI is InChI=1S/C18H15P.C18H14P.2BrH.Pd/c2*1-4-10-16(11-5-1)19(17-12-6-2-7-13-17)18-14-8-3-9-15-18;;;/h1-15H;1-8,10-15H;2*1H;/q;-1;;;+2/p-2. The van der Waals surface area contributed by atoms with Crippen molar-refractivity contribution in [2.24, 2.45) is 0 Å². The van der Waals surface area contributed by atoms with E-state index < -0.39 is 15.8 Å². The molecule has 41 heavy (non-hydrogen) atoms. The molecule has 0 saturated carbocycles. The molecular weight excluding hydrogens is 761 g/mol. The molecule has 5 heteroatoms. The fourth-order valence-corrected chi connectivity index (χ4v) is 8.88. The summed E-state index contributed by atoms with van der Waals surface area (Å²) in [6.45, 7) is 0. The molecule has 6 aromatic rings. The van der Waals surface area contributed by atoms with E-state index in [-0.39, 0.29) is 54.4 Å². The Balaban J connectivity index is 0.000000267. The van der Waals surface area contributed by atoms with Gasteiger partial charge in [-0.2, -0.15) is 30.3 Å². The van der Waals surface area contributed by atoms with Crippen LogP contribution in [0, 0.1) is 6.07 Å². The van der Waals surface area contributed by atoms with Crippen molar-refractivity contribution in [1.82, 2.24) is 0 Å². The van der Waals surface area contributed by atoms with Gasteiger partial charge in [-0.15, -0.1) is 5.30 Å². The van der Waals surface area contributed by atoms with E-state index >= 15 is 0 Å². The van der Waals surface area contributed by atoms with Gasteiger partial charge < -0.3 is 34.0 Å². The summed E-state index contributed by atoms with van der Waals surface area (Å²) in [4.78, 5) is 0. The molecule has 6 rings (SSSR count). The largest absolute Gasteiger partial charge is 2.00 e. The first-order chi connectivity index (χ1) is 18.9. The van der Waals surface area contributed by atoms with Crippen LogP contribution in [0.15, 0.2) is 176 Å². The number of benzene rings is 6. The van der Waals surface area contributed by atoms with Crippen LogP contribution in [0.3, 0.4) is 0 Å². The van der Waals surface area contributed by atoms with Gasteiger partial charge in [-0.3, -0.25) is 0 Å². The molecule has 0 fully saturated rings. The third-order valence-corrected chi connectivity index (χ3v) is 10.9. The number of rotatable bonds is 6. The van der Waals surface area contributed by atoms with Crippen LogP contribution in [0.25, 0.3) is 0 Å². The van der Waals surface area contributed by atoms with Crippen LogP contribution in [-0.4, -0.2) is 0 Å². The van der Waals surface area contributed by atoms with Crippen LogP contribution < -0.4 is 65.8 Å². The Kier molecular flexibility index (Phi) is 16.3. The van der Waals surface area contributed by atoms with Gasteiger partial charge in [-0.25, -0.2) is 0 Å². The van der Waals surface area contributed by atoms with Crippen LogP contribution >= 0.6 is 15.8 Å². The Bertz CT molecular complexity index is 1180. The molecule has 0 atom stereocenters. The topological polar surface area (TPSA) is 0 Å². The molecule has 0 unspecified atom stereocenters. The molecule has 0 spiro atoms. The molecule has 0 heterocycles. The van der Waals surface area contributed by atoms with E-state index in [9.17, 15) is 0 Å². The molecule has 0 amide bonds. The molecule has 0 aliphatic heterocycles. The second-order valence-corrected chi connectivity index (χ2v) is 13.1. The molecule has 0 saturated heterocycles. The van der Waals surface area contributed by atoms with Gasteiger partial charge in [0, 0.05) is 0 Å². The first-order valence-electron chi connectivity index (χ1n) is 12.7. The maximum Gasteiger partial charge on any atom is 2.00 e. The van der Waals surface area contributed by atoms with Gasteiger partial charge in [-0.05, 0) is 34.4 Å². The predicted molar refractivity (Wildman–Crippen MR) is 169 cm³/mol. The van der Waals surface area contributed by atoms with Crippen molar-refractivity contribution in [3.63, 3.8) is 0 Å². The monoisotopic (exact) mass is 787 g/mol. The average Bonchev–Trinajstić information content (AvgIpc) is 3.01. The molecule has 0 aromatic heterocycles. The van der Waals surface area contributed by atoms with Crippen molar-refractivity contribution in [1.29, 1.82) is 0 Å². The van der Waals surface area contributed by atoms with E-state index in [4.69, 9.17) is 0 Å². The Morgan fingerprint density at radius 3 is 0.805 bits per heavy atom. The molecule has 0 radical (unpaired) electrons. The molecule has 0 aliphatic rings. The van der Waals surface area contributed by atoms with Gasteiger partial charge in [0.2, 0.25) is 0 Å². The van der Waals surface area contributed by atoms with E-state index in [1.54, 1.807) is 0 Å². The van der Waals surface area contributed by atoms with Gasteiger partial charge in [0.1, 0.15) is 0 Å². The second-order valence-electron chi connectivity index (χ2n) is 8.61. The smallest absolute Gasteiger partial charge is 1.00 e. The summed E-state index contributed by atoms with van der Waals surface area (Å²) in [6, 6.07) is 65.3. The zero-order chi connectivity index (χ0) is 25.8. The van der Waals surface area contributed by atoms with Gasteiger partial charge >= 0.3 is 20.4 Å². The summed E-state index contributed by atoms with van der Waals surface area (Å²) < 4.78 is 0. The van der Waals surface area contributed by atoms with Crippen LogP contribution in [0.2, 0.25) is 0 Å². The third kappa shape index (κ3) is 9.94. The quantitative estimate of drug-likeness (QED) is 0.133. The SMILES string of the molecule is [Br-].[Br-].[Pd+2].[c-]1cccc(P(c2ccccc2)c2ccccc2)c1.c1ccc(P(c2ccccc2)c2ccccc2)cc1. The number of hydrogen-bond acceptors (Lipinski definition) is 0. The van der Waals surface area contributed by atoms with Crippen molar-refractivity contribution in [2.75, 3.05) is 0 Å². The second kappa shape index (κ2) is 19.1. The fourth-order valence-electron chi connectivity index (χ4n) is 4.30. The summed E-state index contributed by atoms with van der Waals surface area (Å²) in [5.74, 6) is 0. The summed E-state index contributed by atoms with van der Waals surface area (Å²) in [7, 11) is -0.923. The van der Waals surface area contributed by atoms with E-state index in [0.29, 0.717) is 0 Å². The van der Waals surface area contributed by atoms with Gasteiger partial charge in [0.05, 0.1) is 0 Å². The van der Waals surface area contributed by atoms with Crippen LogP contribution in [0.4, 0.5) is 0 Å². The van der Waals surface area contributed by atoms with Crippen molar-refractivity contribution in [3.05, 3.63) is 182 Å². The first-order valence-corrected chi connectivity index (χ1v) is 15.4. The van der Waals surface area contributed by atoms with E-state index in [2.05, 4.69) is 176 Å². The minimum atomic E-state index is -0.477. The normalized spacial score (nSPS) is 9.80. The zero-order valence-corrected chi connectivity index (χ0v) is 28.7. The molecule has 0 N–H and O–H groups in total. The Hall–Kier alpha value is -2.20. The minimum Gasteiger partial charge on any atom is -1.00 e. The third-order valence-electron chi connectivity index (χ3n) is 6.02.